The molecule has 2 rings (SSSR count). The van der Waals surface area contributed by atoms with Gasteiger partial charge in [0.2, 0.25) is 0 Å². The van der Waals surface area contributed by atoms with E-state index in [9.17, 15) is 5.26 Å². The number of hydrogen-bond donors (Lipinski definition) is 3. The number of likely N-dealkylation sites (N-methyl/N-ethyl adjacent to an activating group) is 1. The van der Waals surface area contributed by atoms with Crippen LogP contribution in [0.1, 0.15) is 30.7 Å². The van der Waals surface area contributed by atoms with Gasteiger partial charge in [0.25, 0.3) is 0 Å². The molecule has 1 aromatic rings. The van der Waals surface area contributed by atoms with Crippen LogP contribution in [0.3, 0.4) is 0 Å². The predicted molar refractivity (Wildman–Crippen MR) is 110 cm³/mol. The lowest BCUT2D eigenvalue weighted by molar-refractivity contribution is 0.309. The summed E-state index contributed by atoms with van der Waals surface area (Å²) in [6.45, 7) is 5.68. The Bertz CT molecular complexity index is 796. The number of fused-ring (bicyclic) bond motifs is 1. The minimum atomic E-state index is 0.589. The molecular formula is C19H24N4S2. The summed E-state index contributed by atoms with van der Waals surface area (Å²) >= 11 is 8.90. The number of aromatic nitrogens is 1. The zero-order valence-corrected chi connectivity index (χ0v) is 16.9. The lowest BCUT2D eigenvalue weighted by atomic mass is 10.0. The van der Waals surface area contributed by atoms with Gasteiger partial charge in [0.05, 0.1) is 11.6 Å². The number of allylic oxidation sites excluding steroid dienone is 5. The van der Waals surface area contributed by atoms with E-state index in [0.717, 1.165) is 46.9 Å². The van der Waals surface area contributed by atoms with Crippen LogP contribution in [0.25, 0.3) is 5.70 Å². The van der Waals surface area contributed by atoms with E-state index in [0.29, 0.717) is 10.6 Å². The molecule has 0 unspecified atom stereocenters. The van der Waals surface area contributed by atoms with Gasteiger partial charge in [-0.05, 0) is 55.2 Å². The topological polar surface area (TPSA) is 52.0 Å². The van der Waals surface area contributed by atoms with Crippen LogP contribution in [0, 0.1) is 11.3 Å². The fourth-order valence-electron chi connectivity index (χ4n) is 2.72. The summed E-state index contributed by atoms with van der Waals surface area (Å²) in [5.74, 6) is 0. The van der Waals surface area contributed by atoms with Gasteiger partial charge in [-0.1, -0.05) is 0 Å². The highest BCUT2D eigenvalue weighted by Gasteiger charge is 2.17. The van der Waals surface area contributed by atoms with Gasteiger partial charge >= 0.3 is 0 Å². The maximum absolute atomic E-state index is 9.37. The third-order valence-corrected chi connectivity index (χ3v) is 5.06. The zero-order chi connectivity index (χ0) is 18.6. The molecule has 1 aliphatic rings. The molecule has 2 heterocycles. The molecule has 0 aromatic carbocycles. The molecule has 0 saturated carbocycles. The van der Waals surface area contributed by atoms with Crippen LogP contribution in [-0.4, -0.2) is 30.5 Å². The fourth-order valence-corrected chi connectivity index (χ4v) is 3.14. The molecule has 6 heteroatoms. The lowest BCUT2D eigenvalue weighted by Gasteiger charge is -2.25. The van der Waals surface area contributed by atoms with Crippen molar-refractivity contribution in [3.63, 3.8) is 0 Å². The second-order valence-electron chi connectivity index (χ2n) is 6.19. The minimum absolute atomic E-state index is 0.589. The molecule has 4 nitrogen and oxygen atoms in total. The highest BCUT2D eigenvalue weighted by molar-refractivity contribution is 7.84. The SMILES string of the molecule is CN\C(=C/C=C(C#N)/C(C)=C(/C)S)c1cc2c(nc1S)CCN(C)C2. The van der Waals surface area contributed by atoms with E-state index in [1.807, 2.05) is 27.0 Å². The highest BCUT2D eigenvalue weighted by atomic mass is 32.1. The molecule has 0 saturated heterocycles. The second kappa shape index (κ2) is 8.61. The maximum atomic E-state index is 9.37. The van der Waals surface area contributed by atoms with E-state index < -0.39 is 0 Å². The van der Waals surface area contributed by atoms with Crippen molar-refractivity contribution in [2.75, 3.05) is 20.6 Å². The number of nitrogens with one attached hydrogen (secondary N) is 1. The molecule has 1 aromatic heterocycles. The molecule has 0 fully saturated rings. The van der Waals surface area contributed by atoms with Gasteiger partial charge in [0.15, 0.2) is 0 Å². The molecular weight excluding hydrogens is 348 g/mol. The molecule has 0 atom stereocenters. The Labute approximate surface area is 161 Å². The Kier molecular flexibility index (Phi) is 6.77. The number of nitrogens with zero attached hydrogens (tertiary/aromatic N) is 3. The summed E-state index contributed by atoms with van der Waals surface area (Å²) in [7, 11) is 3.97. The lowest BCUT2D eigenvalue weighted by Crippen LogP contribution is -2.27. The van der Waals surface area contributed by atoms with Crippen molar-refractivity contribution in [1.29, 1.82) is 5.26 Å². The summed E-state index contributed by atoms with van der Waals surface area (Å²) in [6, 6.07) is 4.37. The minimum Gasteiger partial charge on any atom is -0.388 e. The first-order valence-electron chi connectivity index (χ1n) is 8.14. The molecule has 0 spiro atoms. The van der Waals surface area contributed by atoms with Crippen molar-refractivity contribution in [2.24, 2.45) is 0 Å². The number of hydrogen-bond acceptors (Lipinski definition) is 6. The van der Waals surface area contributed by atoms with Crippen molar-refractivity contribution < 1.29 is 0 Å². The number of thiol groups is 2. The Hall–Kier alpha value is -1.68. The molecule has 1 aliphatic heterocycles. The average Bonchev–Trinajstić information content (AvgIpc) is 2.58. The van der Waals surface area contributed by atoms with Crippen LogP contribution in [-0.2, 0) is 13.0 Å². The fraction of sp³-hybridized carbons (Fsp3) is 0.368. The molecule has 0 amide bonds. The summed E-state index contributed by atoms with van der Waals surface area (Å²) in [4.78, 5) is 7.79. The van der Waals surface area contributed by atoms with Gasteiger partial charge < -0.3 is 10.2 Å². The van der Waals surface area contributed by atoms with Crippen LogP contribution in [0.2, 0.25) is 0 Å². The number of rotatable bonds is 4. The van der Waals surface area contributed by atoms with Crippen molar-refractivity contribution in [1.82, 2.24) is 15.2 Å². The van der Waals surface area contributed by atoms with Gasteiger partial charge in [0.1, 0.15) is 5.03 Å². The Balaban J connectivity index is 2.46. The first-order valence-corrected chi connectivity index (χ1v) is 9.04. The van der Waals surface area contributed by atoms with E-state index in [1.54, 1.807) is 6.08 Å². The average molecular weight is 373 g/mol. The Morgan fingerprint density at radius 3 is 2.72 bits per heavy atom. The first-order chi connectivity index (χ1) is 11.9. The Morgan fingerprint density at radius 2 is 2.12 bits per heavy atom. The second-order valence-corrected chi connectivity index (χ2v) is 7.28. The van der Waals surface area contributed by atoms with Crippen LogP contribution in [0.15, 0.2) is 39.3 Å². The van der Waals surface area contributed by atoms with Gasteiger partial charge in [-0.25, -0.2) is 4.98 Å². The first kappa shape index (κ1) is 19.6. The van der Waals surface area contributed by atoms with E-state index in [2.05, 4.69) is 59.6 Å². The maximum Gasteiger partial charge on any atom is 0.103 e. The molecule has 0 radical (unpaired) electrons. The standard InChI is InChI=1S/C19H24N4S2/c1-12(13(2)24)14(10-20)5-6-18(21-3)16-9-15-11-23(4)8-7-17(15)22-19(16)25/h5-6,9,21,24H,7-8,11H2,1-4H3,(H,22,25)/b13-12-,14-5+,18-6-. The monoisotopic (exact) mass is 372 g/mol. The van der Waals surface area contributed by atoms with Gasteiger partial charge in [-0.2, -0.15) is 5.26 Å². The van der Waals surface area contributed by atoms with Crippen molar-refractivity contribution in [3.8, 4) is 6.07 Å². The van der Waals surface area contributed by atoms with E-state index in [4.69, 9.17) is 0 Å². The summed E-state index contributed by atoms with van der Waals surface area (Å²) in [5.41, 5.74) is 5.64. The van der Waals surface area contributed by atoms with Crippen molar-refractivity contribution in [3.05, 3.63) is 51.1 Å². The van der Waals surface area contributed by atoms with Crippen molar-refractivity contribution in [2.45, 2.75) is 31.8 Å². The predicted octanol–water partition coefficient (Wildman–Crippen LogP) is 3.59. The van der Waals surface area contributed by atoms with E-state index >= 15 is 0 Å². The van der Waals surface area contributed by atoms with Crippen LogP contribution in [0.4, 0.5) is 0 Å². The zero-order valence-electron chi connectivity index (χ0n) is 15.1. The normalized spacial score (nSPS) is 16.8. The van der Waals surface area contributed by atoms with Gasteiger partial charge in [0, 0.05) is 43.5 Å². The molecule has 132 valence electrons. The number of nitriles is 1. The smallest absolute Gasteiger partial charge is 0.103 e. The third kappa shape index (κ3) is 4.69. The quantitative estimate of drug-likeness (QED) is 0.429. The molecule has 1 N–H and O–H groups in total. The molecule has 0 bridgehead atoms. The summed E-state index contributed by atoms with van der Waals surface area (Å²) in [6.07, 6.45) is 4.65. The highest BCUT2D eigenvalue weighted by Crippen LogP contribution is 2.26. The largest absolute Gasteiger partial charge is 0.388 e. The number of pyridine rings is 1. The molecule has 0 aliphatic carbocycles. The Morgan fingerprint density at radius 1 is 1.40 bits per heavy atom. The van der Waals surface area contributed by atoms with Crippen LogP contribution < -0.4 is 5.32 Å². The van der Waals surface area contributed by atoms with Crippen LogP contribution >= 0.6 is 25.3 Å². The van der Waals surface area contributed by atoms with E-state index in [1.165, 1.54) is 5.56 Å². The van der Waals surface area contributed by atoms with Crippen LogP contribution in [0.5, 0.6) is 0 Å². The summed E-state index contributed by atoms with van der Waals surface area (Å²) < 4.78 is 0. The van der Waals surface area contributed by atoms with Crippen molar-refractivity contribution >= 4 is 31.0 Å². The van der Waals surface area contributed by atoms with Gasteiger partial charge in [-0.3, -0.25) is 0 Å². The molecule has 25 heavy (non-hydrogen) atoms. The summed E-state index contributed by atoms with van der Waals surface area (Å²) in [5, 5.41) is 13.3. The van der Waals surface area contributed by atoms with Gasteiger partial charge in [-0.15, -0.1) is 25.3 Å². The van der Waals surface area contributed by atoms with E-state index in [-0.39, 0.29) is 0 Å². The third-order valence-electron chi connectivity index (χ3n) is 4.38.